The number of nitrogens with zero attached hydrogens (tertiary/aromatic N) is 1. The van der Waals surface area contributed by atoms with E-state index in [-0.39, 0.29) is 11.9 Å². The van der Waals surface area contributed by atoms with E-state index in [0.717, 1.165) is 29.5 Å². The van der Waals surface area contributed by atoms with Gasteiger partial charge in [-0.2, -0.15) is 0 Å². The van der Waals surface area contributed by atoms with Crippen LogP contribution in [0.3, 0.4) is 0 Å². The highest BCUT2D eigenvalue weighted by Gasteiger charge is 2.34. The van der Waals surface area contributed by atoms with Gasteiger partial charge in [0.25, 0.3) is 0 Å². The van der Waals surface area contributed by atoms with Crippen molar-refractivity contribution in [2.75, 3.05) is 11.4 Å². The number of piperidine rings is 1. The number of hydrogen-bond donors (Lipinski definition) is 1. The van der Waals surface area contributed by atoms with Crippen molar-refractivity contribution in [3.63, 3.8) is 0 Å². The van der Waals surface area contributed by atoms with Crippen molar-refractivity contribution in [1.82, 2.24) is 5.32 Å². The first kappa shape index (κ1) is 13.4. The molecule has 5 heteroatoms. The molecule has 1 aromatic carbocycles. The molecule has 1 aliphatic heterocycles. The van der Waals surface area contributed by atoms with Crippen LogP contribution < -0.4 is 10.2 Å². The zero-order valence-corrected chi connectivity index (χ0v) is 12.9. The van der Waals surface area contributed by atoms with E-state index in [2.05, 4.69) is 21.2 Å². The molecule has 0 aromatic heterocycles. The molecular weight excluding hydrogens is 328 g/mol. The van der Waals surface area contributed by atoms with Crippen molar-refractivity contribution in [3.05, 3.63) is 27.7 Å². The first-order valence-corrected chi connectivity index (χ1v) is 7.85. The molecule has 102 valence electrons. The Morgan fingerprint density at radius 1 is 1.32 bits per heavy atom. The molecule has 0 bridgehead atoms. The number of amides is 1. The molecule has 3 nitrogen and oxygen atoms in total. The van der Waals surface area contributed by atoms with Crippen LogP contribution in [0.2, 0.25) is 5.02 Å². The predicted octanol–water partition coefficient (Wildman–Crippen LogP) is 3.35. The molecule has 1 unspecified atom stereocenters. The number of hydrogen-bond acceptors (Lipinski definition) is 2. The summed E-state index contributed by atoms with van der Waals surface area (Å²) in [6, 6.07) is 6.08. The van der Waals surface area contributed by atoms with Crippen LogP contribution in [0.5, 0.6) is 0 Å². The summed E-state index contributed by atoms with van der Waals surface area (Å²) in [5.41, 5.74) is 0.875. The number of benzene rings is 1. The largest absolute Gasteiger partial charge is 0.310 e. The van der Waals surface area contributed by atoms with Crippen LogP contribution >= 0.6 is 27.5 Å². The minimum absolute atomic E-state index is 0.0351. The highest BCUT2D eigenvalue weighted by molar-refractivity contribution is 9.10. The molecule has 2 aliphatic rings. The van der Waals surface area contributed by atoms with Crippen LogP contribution in [0.15, 0.2) is 22.7 Å². The molecule has 3 rings (SSSR count). The molecule has 19 heavy (non-hydrogen) atoms. The van der Waals surface area contributed by atoms with Crippen molar-refractivity contribution in [3.8, 4) is 0 Å². The average Bonchev–Trinajstić information content (AvgIpc) is 3.19. The number of carbonyl (C=O) groups excluding carboxylic acids is 1. The topological polar surface area (TPSA) is 32.3 Å². The smallest absolute Gasteiger partial charge is 0.244 e. The molecule has 1 saturated carbocycles. The van der Waals surface area contributed by atoms with Gasteiger partial charge in [0.05, 0.1) is 11.7 Å². The molecule has 1 atom stereocenters. The Morgan fingerprint density at radius 3 is 2.84 bits per heavy atom. The van der Waals surface area contributed by atoms with E-state index in [9.17, 15) is 4.79 Å². The Bertz CT molecular complexity index is 504. The van der Waals surface area contributed by atoms with Crippen LogP contribution in [-0.2, 0) is 4.79 Å². The van der Waals surface area contributed by atoms with Gasteiger partial charge in [-0.1, -0.05) is 11.6 Å². The summed E-state index contributed by atoms with van der Waals surface area (Å²) in [5.74, 6) is 0.168. The van der Waals surface area contributed by atoms with Gasteiger partial charge in [-0.05, 0) is 59.8 Å². The number of anilines is 1. The van der Waals surface area contributed by atoms with Gasteiger partial charge in [0.15, 0.2) is 0 Å². The second kappa shape index (κ2) is 5.43. The Labute approximate surface area is 126 Å². The fraction of sp³-hybridized carbons (Fsp3) is 0.500. The van der Waals surface area contributed by atoms with Gasteiger partial charge < -0.3 is 10.2 Å². The quantitative estimate of drug-likeness (QED) is 0.913. The van der Waals surface area contributed by atoms with E-state index >= 15 is 0 Å². The van der Waals surface area contributed by atoms with Gasteiger partial charge >= 0.3 is 0 Å². The van der Waals surface area contributed by atoms with Gasteiger partial charge in [0.2, 0.25) is 5.91 Å². The summed E-state index contributed by atoms with van der Waals surface area (Å²) in [5, 5.41) is 4.09. The van der Waals surface area contributed by atoms with Crippen molar-refractivity contribution >= 4 is 39.1 Å². The maximum Gasteiger partial charge on any atom is 0.244 e. The zero-order chi connectivity index (χ0) is 13.4. The lowest BCUT2D eigenvalue weighted by molar-refractivity contribution is -0.121. The summed E-state index contributed by atoms with van der Waals surface area (Å²) < 4.78 is 0.914. The van der Waals surface area contributed by atoms with Gasteiger partial charge in [-0.25, -0.2) is 0 Å². The summed E-state index contributed by atoms with van der Waals surface area (Å²) in [4.78, 5) is 14.4. The Balaban J connectivity index is 1.82. The highest BCUT2D eigenvalue weighted by atomic mass is 79.9. The zero-order valence-electron chi connectivity index (χ0n) is 10.5. The SMILES string of the molecule is O=C1C(NC2CC2)CCCN1c1cc(Cl)ccc1Br. The molecule has 1 aliphatic carbocycles. The molecule has 0 spiro atoms. The van der Waals surface area contributed by atoms with E-state index in [0.29, 0.717) is 11.1 Å². The third-order valence-corrected chi connectivity index (χ3v) is 4.56. The van der Waals surface area contributed by atoms with Gasteiger partial charge in [-0.3, -0.25) is 4.79 Å². The van der Waals surface area contributed by atoms with E-state index in [1.54, 1.807) is 0 Å². The normalized spacial score (nSPS) is 23.8. The number of nitrogens with one attached hydrogen (secondary N) is 1. The highest BCUT2D eigenvalue weighted by Crippen LogP contribution is 2.32. The van der Waals surface area contributed by atoms with Crippen LogP contribution in [-0.4, -0.2) is 24.5 Å². The molecule has 1 heterocycles. The Morgan fingerprint density at radius 2 is 2.11 bits per heavy atom. The maximum absolute atomic E-state index is 12.6. The Hall–Kier alpha value is -0.580. The molecule has 2 fully saturated rings. The molecule has 1 saturated heterocycles. The van der Waals surface area contributed by atoms with Crippen LogP contribution in [0.1, 0.15) is 25.7 Å². The predicted molar refractivity (Wildman–Crippen MR) is 80.7 cm³/mol. The van der Waals surface area contributed by atoms with Crippen molar-refractivity contribution in [2.45, 2.75) is 37.8 Å². The molecule has 1 aromatic rings. The number of rotatable bonds is 3. The van der Waals surface area contributed by atoms with Crippen molar-refractivity contribution in [2.24, 2.45) is 0 Å². The second-order valence-corrected chi connectivity index (χ2v) is 6.51. The molecule has 1 amide bonds. The Kier molecular flexibility index (Phi) is 3.83. The average molecular weight is 344 g/mol. The second-order valence-electron chi connectivity index (χ2n) is 5.22. The van der Waals surface area contributed by atoms with Gasteiger partial charge in [-0.15, -0.1) is 0 Å². The van der Waals surface area contributed by atoms with E-state index in [1.165, 1.54) is 12.8 Å². The van der Waals surface area contributed by atoms with E-state index in [4.69, 9.17) is 11.6 Å². The van der Waals surface area contributed by atoms with Crippen molar-refractivity contribution in [1.29, 1.82) is 0 Å². The summed E-state index contributed by atoms with van der Waals surface area (Å²) in [6.07, 6.45) is 4.36. The third kappa shape index (κ3) is 2.96. The van der Waals surface area contributed by atoms with Gasteiger partial charge in [0.1, 0.15) is 0 Å². The van der Waals surface area contributed by atoms with Gasteiger partial charge in [0, 0.05) is 22.1 Å². The first-order valence-electron chi connectivity index (χ1n) is 6.67. The van der Waals surface area contributed by atoms with Crippen LogP contribution in [0, 0.1) is 0 Å². The fourth-order valence-electron chi connectivity index (χ4n) is 2.50. The standard InChI is InChI=1S/C14H16BrClN2O/c15-11-6-3-9(16)8-13(11)18-7-1-2-12(14(18)19)17-10-4-5-10/h3,6,8,10,12,17H,1-2,4-5,7H2. The lowest BCUT2D eigenvalue weighted by atomic mass is 10.0. The lowest BCUT2D eigenvalue weighted by Crippen LogP contribution is -2.51. The molecule has 1 N–H and O–H groups in total. The van der Waals surface area contributed by atoms with Crippen LogP contribution in [0.25, 0.3) is 0 Å². The van der Waals surface area contributed by atoms with Crippen molar-refractivity contribution < 1.29 is 4.79 Å². The minimum atomic E-state index is -0.0351. The summed E-state index contributed by atoms with van der Waals surface area (Å²) in [6.45, 7) is 0.765. The minimum Gasteiger partial charge on any atom is -0.310 e. The summed E-state index contributed by atoms with van der Waals surface area (Å²) >= 11 is 9.54. The number of halogens is 2. The van der Waals surface area contributed by atoms with E-state index in [1.807, 2.05) is 23.1 Å². The van der Waals surface area contributed by atoms with E-state index < -0.39 is 0 Å². The fourth-order valence-corrected chi connectivity index (χ4v) is 3.12. The van der Waals surface area contributed by atoms with Crippen LogP contribution in [0.4, 0.5) is 5.69 Å². The summed E-state index contributed by atoms with van der Waals surface area (Å²) in [7, 11) is 0. The lowest BCUT2D eigenvalue weighted by Gasteiger charge is -2.33. The molecular formula is C14H16BrClN2O. The maximum atomic E-state index is 12.6. The number of carbonyl (C=O) groups is 1. The third-order valence-electron chi connectivity index (χ3n) is 3.65. The first-order chi connectivity index (χ1) is 9.15. The molecule has 0 radical (unpaired) electrons. The monoisotopic (exact) mass is 342 g/mol.